The van der Waals surface area contributed by atoms with Gasteiger partial charge < -0.3 is 9.47 Å². The molecule has 0 saturated carbocycles. The van der Waals surface area contributed by atoms with Crippen molar-refractivity contribution in [2.24, 2.45) is 5.41 Å². The second-order valence-electron chi connectivity index (χ2n) is 4.98. The van der Waals surface area contributed by atoms with E-state index in [1.807, 2.05) is 0 Å². The monoisotopic (exact) mass is 268 g/mol. The molecule has 0 rings (SSSR count). The third-order valence-electron chi connectivity index (χ3n) is 2.45. The molecule has 108 valence electrons. The van der Waals surface area contributed by atoms with Gasteiger partial charge in [0.25, 0.3) is 0 Å². The van der Waals surface area contributed by atoms with E-state index in [4.69, 9.17) is 9.47 Å². The highest BCUT2D eigenvalue weighted by molar-refractivity contribution is 6.00. The van der Waals surface area contributed by atoms with Gasteiger partial charge in [-0.25, -0.2) is 0 Å². The Labute approximate surface area is 115 Å². The average molecular weight is 268 g/mol. The number of hydrogen-bond donors (Lipinski definition) is 0. The second kappa shape index (κ2) is 7.77. The Morgan fingerprint density at radius 1 is 0.947 bits per heavy atom. The molecular weight excluding hydrogens is 244 g/mol. The molecule has 0 saturated heterocycles. The number of rotatable bonds is 8. The average Bonchev–Trinajstić information content (AvgIpc) is 2.26. The van der Waals surface area contributed by atoms with Crippen LogP contribution >= 0.6 is 0 Å². The van der Waals surface area contributed by atoms with Crippen molar-refractivity contribution in [3.8, 4) is 0 Å². The third-order valence-corrected chi connectivity index (χ3v) is 2.45. The maximum Gasteiger partial charge on any atom is 0.324 e. The highest BCUT2D eigenvalue weighted by Crippen LogP contribution is 2.32. The van der Waals surface area contributed by atoms with Gasteiger partial charge in [0.15, 0.2) is 5.41 Å². The molecule has 0 aromatic carbocycles. The summed E-state index contributed by atoms with van der Waals surface area (Å²) in [4.78, 5) is 24.5. The van der Waals surface area contributed by atoms with Crippen molar-refractivity contribution in [2.45, 2.75) is 52.7 Å². The van der Waals surface area contributed by atoms with Crippen LogP contribution in [0.1, 0.15) is 40.5 Å². The van der Waals surface area contributed by atoms with E-state index in [1.54, 1.807) is 27.7 Å². The van der Waals surface area contributed by atoms with Crippen LogP contribution in [-0.4, -0.2) is 24.1 Å². The van der Waals surface area contributed by atoms with Gasteiger partial charge in [-0.15, -0.1) is 13.2 Å². The molecule has 0 unspecified atom stereocenters. The number of carbonyl (C=O) groups is 2. The largest absolute Gasteiger partial charge is 0.462 e. The second-order valence-corrected chi connectivity index (χ2v) is 4.98. The van der Waals surface area contributed by atoms with Gasteiger partial charge in [-0.1, -0.05) is 12.2 Å². The normalized spacial score (nSPS) is 11.3. The fourth-order valence-electron chi connectivity index (χ4n) is 1.65. The minimum absolute atomic E-state index is 0.163. The van der Waals surface area contributed by atoms with E-state index in [-0.39, 0.29) is 25.0 Å². The van der Waals surface area contributed by atoms with E-state index in [0.717, 1.165) is 0 Å². The molecule has 0 N–H and O–H groups in total. The van der Waals surface area contributed by atoms with Gasteiger partial charge in [-0.05, 0) is 40.5 Å². The first-order valence-electron chi connectivity index (χ1n) is 6.44. The fraction of sp³-hybridized carbons (Fsp3) is 0.600. The lowest BCUT2D eigenvalue weighted by atomic mass is 9.81. The predicted octanol–water partition coefficient (Wildman–Crippen LogP) is 3.03. The number of allylic oxidation sites excluding steroid dienone is 2. The first-order chi connectivity index (χ1) is 8.80. The summed E-state index contributed by atoms with van der Waals surface area (Å²) in [6.07, 6.45) is 2.77. The van der Waals surface area contributed by atoms with Crippen molar-refractivity contribution < 1.29 is 19.1 Å². The Bertz CT molecular complexity index is 308. The molecule has 0 atom stereocenters. The van der Waals surface area contributed by atoms with Crippen LogP contribution in [0.5, 0.6) is 0 Å². The quantitative estimate of drug-likeness (QED) is 0.386. The van der Waals surface area contributed by atoms with Crippen LogP contribution in [0, 0.1) is 5.41 Å². The van der Waals surface area contributed by atoms with E-state index < -0.39 is 17.4 Å². The summed E-state index contributed by atoms with van der Waals surface area (Å²) in [5.74, 6) is -1.18. The maximum atomic E-state index is 12.3. The summed E-state index contributed by atoms with van der Waals surface area (Å²) in [6.45, 7) is 14.1. The molecule has 0 aliphatic heterocycles. The predicted molar refractivity (Wildman–Crippen MR) is 74.5 cm³/mol. The molecule has 0 aliphatic rings. The van der Waals surface area contributed by atoms with Crippen molar-refractivity contribution in [1.82, 2.24) is 0 Å². The molecule has 0 aliphatic carbocycles. The van der Waals surface area contributed by atoms with Crippen molar-refractivity contribution in [3.05, 3.63) is 25.3 Å². The van der Waals surface area contributed by atoms with Gasteiger partial charge in [0.05, 0.1) is 12.2 Å². The standard InChI is InChI=1S/C15H24O4/c1-7-9-15(10-8-2,13(16)18-11(3)4)14(17)19-12(5)6/h7-8,11-12H,1-2,9-10H2,3-6H3. The topological polar surface area (TPSA) is 52.6 Å². The molecule has 0 bridgehead atoms. The molecule has 0 fully saturated rings. The van der Waals surface area contributed by atoms with E-state index in [1.165, 1.54) is 12.2 Å². The Hall–Kier alpha value is -1.58. The molecule has 0 radical (unpaired) electrons. The van der Waals surface area contributed by atoms with Crippen LogP contribution < -0.4 is 0 Å². The minimum atomic E-state index is -1.38. The zero-order valence-electron chi connectivity index (χ0n) is 12.3. The lowest BCUT2D eigenvalue weighted by Crippen LogP contribution is -2.43. The van der Waals surface area contributed by atoms with Gasteiger partial charge in [0.1, 0.15) is 0 Å². The van der Waals surface area contributed by atoms with Gasteiger partial charge >= 0.3 is 11.9 Å². The summed E-state index contributed by atoms with van der Waals surface area (Å²) in [7, 11) is 0. The van der Waals surface area contributed by atoms with E-state index in [9.17, 15) is 9.59 Å². The molecule has 0 spiro atoms. The SMILES string of the molecule is C=CCC(CC=C)(C(=O)OC(C)C)C(=O)OC(C)C. The third kappa shape index (κ3) is 4.89. The molecule has 4 nitrogen and oxygen atoms in total. The Morgan fingerprint density at radius 3 is 1.47 bits per heavy atom. The zero-order valence-corrected chi connectivity index (χ0v) is 12.3. The lowest BCUT2D eigenvalue weighted by Gasteiger charge is -2.29. The van der Waals surface area contributed by atoms with E-state index in [0.29, 0.717) is 0 Å². The van der Waals surface area contributed by atoms with Crippen molar-refractivity contribution in [2.75, 3.05) is 0 Å². The van der Waals surface area contributed by atoms with Crippen LogP contribution in [0.4, 0.5) is 0 Å². The van der Waals surface area contributed by atoms with Crippen LogP contribution in [0.15, 0.2) is 25.3 Å². The first-order valence-corrected chi connectivity index (χ1v) is 6.44. The minimum Gasteiger partial charge on any atom is -0.462 e. The Morgan fingerprint density at radius 2 is 1.26 bits per heavy atom. The van der Waals surface area contributed by atoms with Crippen molar-refractivity contribution >= 4 is 11.9 Å². The summed E-state index contributed by atoms with van der Waals surface area (Å²) in [6, 6.07) is 0. The lowest BCUT2D eigenvalue weighted by molar-refractivity contribution is -0.176. The molecule has 19 heavy (non-hydrogen) atoms. The van der Waals surface area contributed by atoms with Gasteiger partial charge in [-0.3, -0.25) is 9.59 Å². The molecule has 0 amide bonds. The van der Waals surface area contributed by atoms with E-state index in [2.05, 4.69) is 13.2 Å². The van der Waals surface area contributed by atoms with Crippen LogP contribution in [0.2, 0.25) is 0 Å². The number of ether oxygens (including phenoxy) is 2. The van der Waals surface area contributed by atoms with E-state index >= 15 is 0 Å². The summed E-state index contributed by atoms with van der Waals surface area (Å²) in [5.41, 5.74) is -1.38. The number of esters is 2. The highest BCUT2D eigenvalue weighted by Gasteiger charge is 2.47. The summed E-state index contributed by atoms with van der Waals surface area (Å²) >= 11 is 0. The first kappa shape index (κ1) is 17.4. The number of hydrogen-bond acceptors (Lipinski definition) is 4. The summed E-state index contributed by atoms with van der Waals surface area (Å²) in [5, 5.41) is 0. The molecule has 0 aromatic rings. The van der Waals surface area contributed by atoms with Gasteiger partial charge in [0, 0.05) is 0 Å². The highest BCUT2D eigenvalue weighted by atomic mass is 16.6. The van der Waals surface area contributed by atoms with Crippen LogP contribution in [0.25, 0.3) is 0 Å². The molecule has 4 heteroatoms. The Balaban J connectivity index is 5.38. The Kier molecular flexibility index (Phi) is 7.12. The maximum absolute atomic E-state index is 12.3. The zero-order chi connectivity index (χ0) is 15.1. The number of carbonyl (C=O) groups excluding carboxylic acids is 2. The van der Waals surface area contributed by atoms with Crippen LogP contribution in [-0.2, 0) is 19.1 Å². The molecular formula is C15H24O4. The summed E-state index contributed by atoms with van der Waals surface area (Å²) < 4.78 is 10.4. The smallest absolute Gasteiger partial charge is 0.324 e. The fourth-order valence-corrected chi connectivity index (χ4v) is 1.65. The molecule has 0 heterocycles. The van der Waals surface area contributed by atoms with Crippen molar-refractivity contribution in [3.63, 3.8) is 0 Å². The van der Waals surface area contributed by atoms with Gasteiger partial charge in [0.2, 0.25) is 0 Å². The van der Waals surface area contributed by atoms with Crippen molar-refractivity contribution in [1.29, 1.82) is 0 Å². The van der Waals surface area contributed by atoms with Gasteiger partial charge in [-0.2, -0.15) is 0 Å². The van der Waals surface area contributed by atoms with Crippen LogP contribution in [0.3, 0.4) is 0 Å². The molecule has 0 aromatic heterocycles.